The van der Waals surface area contributed by atoms with Crippen LogP contribution in [0.1, 0.15) is 125 Å². The van der Waals surface area contributed by atoms with E-state index in [1.165, 1.54) is 0 Å². The summed E-state index contributed by atoms with van der Waals surface area (Å²) in [5, 5.41) is 39.3. The summed E-state index contributed by atoms with van der Waals surface area (Å²) in [6, 6.07) is 103. The largest absolute Gasteiger partial charge is 2.00 e. The van der Waals surface area contributed by atoms with E-state index in [0.717, 1.165) is 189 Å². The van der Waals surface area contributed by atoms with Gasteiger partial charge in [0.25, 0.3) is 0 Å². The molecule has 24 bridgehead atoms. The summed E-state index contributed by atoms with van der Waals surface area (Å²) in [6.07, 6.45) is 18.8. The first kappa shape index (κ1) is 82.4. The van der Waals surface area contributed by atoms with Crippen LogP contribution < -0.4 is 0 Å². The van der Waals surface area contributed by atoms with Crippen molar-refractivity contribution in [2.45, 2.75) is 36.7 Å². The van der Waals surface area contributed by atoms with E-state index >= 15 is 0 Å². The molecule has 135 heavy (non-hydrogen) atoms. The minimum absolute atomic E-state index is 0. The van der Waals surface area contributed by atoms with Crippen molar-refractivity contribution in [3.8, 4) is 0 Å². The van der Waals surface area contributed by atoms with Crippen LogP contribution in [0.2, 0.25) is 0 Å². The Kier molecular flexibility index (Phi) is 20.5. The van der Waals surface area contributed by atoms with Crippen LogP contribution in [0.5, 0.6) is 0 Å². The third kappa shape index (κ3) is 14.5. The zero-order valence-corrected chi connectivity index (χ0v) is 77.8. The van der Waals surface area contributed by atoms with Gasteiger partial charge in [0.05, 0.1) is 70.8 Å². The Morgan fingerprint density at radius 2 is 0.467 bits per heavy atom. The SMILES string of the molecule is C1=CC2=NC1=CC1C=CC(=C(c3ccccc3)C3=NC(=CC4C=CC(=C2c2ccccc2)[N-]4)C=C3)[N-]1.[Pt+2].[Pt+2].[Pt+2].c1ccc2c(c1)C1=NC2=NC2[N-]C(=NC3=NC(=NC4[N-]C(=N1)c1ccccc14)c1ccccc13)c1ccccc12.c1ccc2cc3c(cc2c1)C1=NC3=NC2[N-]C(=NC3=NC(=NC4[N-]C(=N1)c1cc5ccccc5cc14)c1cc4ccccc4cc13)c1cc3ccccc3cc12. The van der Waals surface area contributed by atoms with Crippen LogP contribution >= 0.6 is 0 Å². The average Bonchev–Trinajstić information content (AvgIpc) is 1.59. The molecule has 0 fully saturated rings. The number of hydrogen-bond acceptors (Lipinski definition) is 14. The van der Waals surface area contributed by atoms with Crippen LogP contribution in [0.3, 0.4) is 0 Å². The smallest absolute Gasteiger partial charge is 0.675 e. The molecule has 23 heteroatoms. The second-order valence-corrected chi connectivity index (χ2v) is 33.7. The molecule has 14 aromatic carbocycles. The normalized spacial score (nSPS) is 20.1. The molecule has 0 spiro atoms. The Morgan fingerprint density at radius 1 is 0.200 bits per heavy atom. The fourth-order valence-corrected chi connectivity index (χ4v) is 19.4. The first-order chi connectivity index (χ1) is 65.3. The quantitative estimate of drug-likeness (QED) is 0.156. The number of aliphatic imine (C=N–C) groups is 14. The van der Waals surface area contributed by atoms with E-state index < -0.39 is 24.7 Å². The van der Waals surface area contributed by atoms with Gasteiger partial charge in [-0.1, -0.05) is 327 Å². The molecule has 0 N–H and O–H groups in total. The zero-order valence-electron chi connectivity index (χ0n) is 71.0. The molecule has 0 amide bonds. The van der Waals surface area contributed by atoms with Crippen molar-refractivity contribution in [3.05, 3.63) is 519 Å². The van der Waals surface area contributed by atoms with Gasteiger partial charge in [-0.2, -0.15) is 0 Å². The van der Waals surface area contributed by atoms with E-state index in [0.29, 0.717) is 70.0 Å². The van der Waals surface area contributed by atoms with Gasteiger partial charge in [0.1, 0.15) is 0 Å². The van der Waals surface area contributed by atoms with E-state index in [9.17, 15) is 0 Å². The van der Waals surface area contributed by atoms with Gasteiger partial charge in [0.15, 0.2) is 23.3 Å². The molecule has 15 heterocycles. The van der Waals surface area contributed by atoms with Gasteiger partial charge in [-0.3, -0.25) is 20.0 Å². The van der Waals surface area contributed by atoms with Gasteiger partial charge >= 0.3 is 63.2 Å². The second kappa shape index (κ2) is 33.5. The van der Waals surface area contributed by atoms with E-state index in [4.69, 9.17) is 102 Å². The summed E-state index contributed by atoms with van der Waals surface area (Å²) < 4.78 is 0. The molecule has 0 saturated carbocycles. The van der Waals surface area contributed by atoms with Crippen molar-refractivity contribution in [3.63, 3.8) is 0 Å². The molecular weight excluding hydrogens is 2210 g/mol. The molecule has 6 atom stereocenters. The molecule has 15 aliphatic heterocycles. The predicted octanol–water partition coefficient (Wildman–Crippen LogP) is 24.0. The fraction of sp³-hybridized carbons (Fsp3) is 0.0536. The van der Waals surface area contributed by atoms with Crippen molar-refractivity contribution in [2.24, 2.45) is 69.9 Å². The van der Waals surface area contributed by atoms with Crippen molar-refractivity contribution in [1.82, 2.24) is 0 Å². The molecule has 0 aliphatic carbocycles. The molecular formula is C112H66N20Pt3. The van der Waals surface area contributed by atoms with Crippen molar-refractivity contribution in [2.75, 3.05) is 0 Å². The summed E-state index contributed by atoms with van der Waals surface area (Å²) in [5.41, 5.74) is 24.7. The predicted molar refractivity (Wildman–Crippen MR) is 533 cm³/mol. The number of rotatable bonds is 2. The monoisotopic (exact) mass is 2280 g/mol. The number of benzene rings is 14. The number of allylic oxidation sites excluding steroid dienone is 8. The Labute approximate surface area is 817 Å². The number of fused-ring (bicyclic) bond motifs is 46. The van der Waals surface area contributed by atoms with Crippen LogP contribution in [0.4, 0.5) is 0 Å². The van der Waals surface area contributed by atoms with E-state index in [2.05, 4.69) is 255 Å². The molecule has 0 aromatic heterocycles. The minimum Gasteiger partial charge on any atom is -0.675 e. The topological polar surface area (TPSA) is 258 Å². The Bertz CT molecular complexity index is 7880. The van der Waals surface area contributed by atoms with Crippen LogP contribution in [0, 0.1) is 0 Å². The minimum atomic E-state index is -0.579. The van der Waals surface area contributed by atoms with E-state index in [-0.39, 0.29) is 75.3 Å². The van der Waals surface area contributed by atoms with Crippen molar-refractivity contribution in [1.29, 1.82) is 0 Å². The van der Waals surface area contributed by atoms with Crippen LogP contribution in [-0.4, -0.2) is 93.5 Å². The van der Waals surface area contributed by atoms with E-state index in [1.807, 2.05) is 109 Å². The first-order valence-electron chi connectivity index (χ1n) is 44.0. The Hall–Kier alpha value is -15.7. The fourth-order valence-electron chi connectivity index (χ4n) is 19.4. The average molecular weight is 2280 g/mol. The van der Waals surface area contributed by atoms with Crippen LogP contribution in [-0.2, 0) is 63.2 Å². The Balaban J connectivity index is 0.000000113. The number of hydrogen-bond donors (Lipinski definition) is 0. The third-order valence-electron chi connectivity index (χ3n) is 25.7. The maximum absolute atomic E-state index is 5.33. The van der Waals surface area contributed by atoms with Gasteiger partial charge in [-0.25, -0.2) is 30.0 Å². The molecule has 29 rings (SSSR count). The molecule has 20 nitrogen and oxygen atoms in total. The number of nitrogens with zero attached hydrogens (tertiary/aromatic N) is 20. The van der Waals surface area contributed by atoms with Gasteiger partial charge < -0.3 is 51.9 Å². The van der Waals surface area contributed by atoms with Crippen molar-refractivity contribution < 1.29 is 63.2 Å². The second-order valence-electron chi connectivity index (χ2n) is 33.7. The maximum Gasteiger partial charge on any atom is 2.00 e. The summed E-state index contributed by atoms with van der Waals surface area (Å²) >= 11 is 0. The van der Waals surface area contributed by atoms with Crippen molar-refractivity contribution >= 4 is 136 Å². The maximum atomic E-state index is 5.33. The zero-order chi connectivity index (χ0) is 86.6. The number of amidine groups is 12. The molecule has 15 aliphatic rings. The van der Waals surface area contributed by atoms with E-state index in [1.54, 1.807) is 0 Å². The standard InChI is InChI=1S/C48H26N8.C32H18N8.C32H22N4.3Pt/c1-2-10-26-18-34-33(17-25(26)9-1)41-49-42(34)54-44-37-21-29-13-5-6-14-30(29)22-38(37)46(51-44)56-48-40-24-32-16-8-7-15-31(32)23-39(40)47(52-48)55-45-36-20-28-12-4-3-11-27(28)19-35(36)43(50-45)53-41;1-2-10-18-17(9-1)25-33-26(18)38-28-21-13-5-6-14-22(21)30(35-28)40-32-24-16-8-7-15-23(24)31(36-32)39-29-20-12-4-3-11-19(20)27(34-29)37-25;1-3-7-21(8-4-1)31-27-15-11-23(33-27)19-25-13-17-29(35-25)32(22-9-5-2-6-10-22)30-18-14-26(36-30)20-24-12-16-28(31)34-24;;;/h1-24,41,48H;1-16,25,32H;1-20,23,26H;;;/q3*-2;3*+2. The summed E-state index contributed by atoms with van der Waals surface area (Å²) in [7, 11) is 0. The molecule has 0 saturated heterocycles. The van der Waals surface area contributed by atoms with Gasteiger partial charge in [0, 0.05) is 44.5 Å². The Morgan fingerprint density at radius 3 is 0.822 bits per heavy atom. The summed E-state index contributed by atoms with van der Waals surface area (Å²) in [5.74, 6) is 6.98. The van der Waals surface area contributed by atoms with Crippen LogP contribution in [0.25, 0.3) is 86.1 Å². The first-order valence-corrected chi connectivity index (χ1v) is 44.0. The van der Waals surface area contributed by atoms with Crippen LogP contribution in [0.15, 0.2) is 457 Å². The molecule has 6 unspecified atom stereocenters. The molecule has 0 radical (unpaired) electrons. The molecule has 14 aromatic rings. The summed E-state index contributed by atoms with van der Waals surface area (Å²) in [6.45, 7) is 0. The van der Waals surface area contributed by atoms with Gasteiger partial charge in [-0.15, -0.1) is 11.4 Å². The van der Waals surface area contributed by atoms with Gasteiger partial charge in [-0.05, 0) is 183 Å². The van der Waals surface area contributed by atoms with Gasteiger partial charge in [0.2, 0.25) is 0 Å². The molecule has 644 valence electrons. The summed E-state index contributed by atoms with van der Waals surface area (Å²) in [4.78, 5) is 71.4. The third-order valence-corrected chi connectivity index (χ3v) is 25.7.